The van der Waals surface area contributed by atoms with Crippen LogP contribution in [0.4, 0.5) is 5.69 Å². The second-order valence-corrected chi connectivity index (χ2v) is 5.19. The number of hydrogen-bond acceptors (Lipinski definition) is 3. The largest absolute Gasteiger partial charge is 0.492 e. The predicted molar refractivity (Wildman–Crippen MR) is 81.4 cm³/mol. The van der Waals surface area contributed by atoms with Gasteiger partial charge in [-0.25, -0.2) is 0 Å². The molecule has 0 saturated carbocycles. The summed E-state index contributed by atoms with van der Waals surface area (Å²) in [5.41, 5.74) is 2.60. The Labute approximate surface area is 124 Å². The van der Waals surface area contributed by atoms with E-state index in [9.17, 15) is 4.79 Å². The van der Waals surface area contributed by atoms with Crippen molar-refractivity contribution in [1.82, 2.24) is 5.32 Å². The van der Waals surface area contributed by atoms with Crippen molar-refractivity contribution >= 4 is 23.2 Å². The number of carbonyl (C=O) groups excluding carboxylic acids is 1. The molecule has 1 aliphatic heterocycles. The topological polar surface area (TPSA) is 50.4 Å². The maximum Gasteiger partial charge on any atom is 0.251 e. The van der Waals surface area contributed by atoms with Crippen LogP contribution in [0, 0.1) is 0 Å². The zero-order valence-electron chi connectivity index (χ0n) is 11.8. The van der Waals surface area contributed by atoms with Crippen LogP contribution in [0.25, 0.3) is 0 Å². The molecule has 1 aromatic rings. The first-order valence-electron chi connectivity index (χ1n) is 6.75. The molecule has 20 heavy (non-hydrogen) atoms. The summed E-state index contributed by atoms with van der Waals surface area (Å²) in [7, 11) is 0. The Kier molecular flexibility index (Phi) is 5.04. The molecule has 0 radical (unpaired) electrons. The Bertz CT molecular complexity index is 535. The first-order chi connectivity index (χ1) is 9.61. The van der Waals surface area contributed by atoms with Gasteiger partial charge < -0.3 is 15.4 Å². The third-order valence-corrected chi connectivity index (χ3v) is 3.49. The lowest BCUT2D eigenvalue weighted by molar-refractivity contribution is -0.112. The van der Waals surface area contributed by atoms with Crippen LogP contribution in [0.1, 0.15) is 20.3 Å². The fraction of sp³-hybridized carbons (Fsp3) is 0.400. The number of nitrogens with one attached hydrogen (secondary N) is 2. The average Bonchev–Trinajstić information content (AvgIpc) is 2.35. The van der Waals surface area contributed by atoms with Crippen molar-refractivity contribution < 1.29 is 9.53 Å². The van der Waals surface area contributed by atoms with E-state index < -0.39 is 0 Å². The van der Waals surface area contributed by atoms with Gasteiger partial charge in [-0.05, 0) is 37.1 Å². The van der Waals surface area contributed by atoms with E-state index in [1.54, 1.807) is 18.2 Å². The standard InChI is InChI=1S/C15H19ClN2O2/c1-3-6-20-14-5-4-12(7-13(14)16)18-15(19)10(2)11-8-17-9-11/h4-5,7,17H,3,6,8-9H2,1-2H3,(H,18,19). The lowest BCUT2D eigenvalue weighted by atomic mass is 10.0. The van der Waals surface area contributed by atoms with Crippen molar-refractivity contribution in [3.8, 4) is 5.75 Å². The summed E-state index contributed by atoms with van der Waals surface area (Å²) in [6.45, 7) is 6.09. The molecule has 4 nitrogen and oxygen atoms in total. The molecule has 0 unspecified atom stereocenters. The quantitative estimate of drug-likeness (QED) is 0.821. The van der Waals surface area contributed by atoms with Crippen LogP contribution in [0.15, 0.2) is 29.3 Å². The van der Waals surface area contributed by atoms with Crippen molar-refractivity contribution in [2.45, 2.75) is 20.3 Å². The second kappa shape index (κ2) is 6.77. The zero-order chi connectivity index (χ0) is 14.5. The Morgan fingerprint density at radius 2 is 2.20 bits per heavy atom. The summed E-state index contributed by atoms with van der Waals surface area (Å²) in [5.74, 6) is 0.560. The maximum atomic E-state index is 12.0. The lowest BCUT2D eigenvalue weighted by Gasteiger charge is -2.21. The summed E-state index contributed by atoms with van der Waals surface area (Å²) in [6, 6.07) is 5.29. The molecule has 5 heteroatoms. The molecule has 0 atom stereocenters. The molecule has 1 saturated heterocycles. The highest BCUT2D eigenvalue weighted by Crippen LogP contribution is 2.28. The third kappa shape index (κ3) is 3.52. The zero-order valence-corrected chi connectivity index (χ0v) is 12.5. The molecule has 0 aliphatic carbocycles. The molecule has 1 fully saturated rings. The fourth-order valence-electron chi connectivity index (χ4n) is 1.81. The van der Waals surface area contributed by atoms with Gasteiger partial charge in [0, 0.05) is 24.4 Å². The minimum atomic E-state index is -0.0835. The van der Waals surface area contributed by atoms with E-state index in [2.05, 4.69) is 10.6 Å². The van der Waals surface area contributed by atoms with Gasteiger partial charge in [0.1, 0.15) is 5.75 Å². The SMILES string of the molecule is CCCOc1ccc(NC(=O)C(C)=C2CNC2)cc1Cl. The maximum absolute atomic E-state index is 12.0. The third-order valence-electron chi connectivity index (χ3n) is 3.20. The van der Waals surface area contributed by atoms with Gasteiger partial charge in [-0.3, -0.25) is 4.79 Å². The molecule has 0 bridgehead atoms. The highest BCUT2D eigenvalue weighted by molar-refractivity contribution is 6.32. The van der Waals surface area contributed by atoms with Crippen molar-refractivity contribution in [3.63, 3.8) is 0 Å². The summed E-state index contributed by atoms with van der Waals surface area (Å²) in [6.07, 6.45) is 0.926. The molecule has 1 aromatic carbocycles. The Hall–Kier alpha value is -1.52. The highest BCUT2D eigenvalue weighted by Gasteiger charge is 2.16. The molecule has 1 aliphatic rings. The van der Waals surface area contributed by atoms with Gasteiger partial charge in [-0.1, -0.05) is 18.5 Å². The van der Waals surface area contributed by atoms with Crippen LogP contribution in [0.3, 0.4) is 0 Å². The first-order valence-corrected chi connectivity index (χ1v) is 7.12. The summed E-state index contributed by atoms with van der Waals surface area (Å²) in [4.78, 5) is 12.0. The number of benzene rings is 1. The van der Waals surface area contributed by atoms with E-state index in [-0.39, 0.29) is 5.91 Å². The minimum Gasteiger partial charge on any atom is -0.492 e. The number of amides is 1. The number of halogens is 1. The van der Waals surface area contributed by atoms with Gasteiger partial charge in [0.25, 0.3) is 5.91 Å². The summed E-state index contributed by atoms with van der Waals surface area (Å²) < 4.78 is 5.50. The van der Waals surface area contributed by atoms with Crippen molar-refractivity contribution in [1.29, 1.82) is 0 Å². The molecule has 2 rings (SSSR count). The van der Waals surface area contributed by atoms with E-state index in [1.165, 1.54) is 0 Å². The van der Waals surface area contributed by atoms with E-state index >= 15 is 0 Å². The van der Waals surface area contributed by atoms with Crippen LogP contribution >= 0.6 is 11.6 Å². The number of carbonyl (C=O) groups is 1. The van der Waals surface area contributed by atoms with E-state index in [0.29, 0.717) is 23.1 Å². The van der Waals surface area contributed by atoms with E-state index in [1.807, 2.05) is 13.8 Å². The molecule has 1 heterocycles. The van der Waals surface area contributed by atoms with Crippen molar-refractivity contribution in [2.75, 3.05) is 25.0 Å². The van der Waals surface area contributed by atoms with Gasteiger partial charge >= 0.3 is 0 Å². The predicted octanol–water partition coefficient (Wildman–Crippen LogP) is 2.99. The number of ether oxygens (including phenoxy) is 1. The number of rotatable bonds is 5. The fourth-order valence-corrected chi connectivity index (χ4v) is 2.04. The Morgan fingerprint density at radius 3 is 2.75 bits per heavy atom. The average molecular weight is 295 g/mol. The van der Waals surface area contributed by atoms with Crippen LogP contribution in [-0.2, 0) is 4.79 Å². The molecule has 0 aromatic heterocycles. The molecular weight excluding hydrogens is 276 g/mol. The number of anilines is 1. The van der Waals surface area contributed by atoms with Gasteiger partial charge in [0.05, 0.1) is 11.6 Å². The monoisotopic (exact) mass is 294 g/mol. The van der Waals surface area contributed by atoms with Crippen LogP contribution in [0.2, 0.25) is 5.02 Å². The molecular formula is C15H19ClN2O2. The van der Waals surface area contributed by atoms with Gasteiger partial charge in [-0.15, -0.1) is 0 Å². The van der Waals surface area contributed by atoms with E-state index in [4.69, 9.17) is 16.3 Å². The Morgan fingerprint density at radius 1 is 1.45 bits per heavy atom. The first kappa shape index (κ1) is 14.9. The van der Waals surface area contributed by atoms with Crippen LogP contribution in [0.5, 0.6) is 5.75 Å². The Balaban J connectivity index is 2.03. The molecule has 0 spiro atoms. The molecule has 1 amide bonds. The summed E-state index contributed by atoms with van der Waals surface area (Å²) in [5, 5.41) is 6.48. The molecule has 2 N–H and O–H groups in total. The minimum absolute atomic E-state index is 0.0835. The lowest BCUT2D eigenvalue weighted by Crippen LogP contribution is -2.36. The van der Waals surface area contributed by atoms with Crippen LogP contribution in [-0.4, -0.2) is 25.6 Å². The number of hydrogen-bond donors (Lipinski definition) is 2. The highest BCUT2D eigenvalue weighted by atomic mass is 35.5. The van der Waals surface area contributed by atoms with E-state index in [0.717, 1.165) is 30.7 Å². The molecule has 108 valence electrons. The van der Waals surface area contributed by atoms with Crippen LogP contribution < -0.4 is 15.4 Å². The summed E-state index contributed by atoms with van der Waals surface area (Å²) >= 11 is 6.13. The van der Waals surface area contributed by atoms with Gasteiger partial charge in [-0.2, -0.15) is 0 Å². The van der Waals surface area contributed by atoms with Gasteiger partial charge in [0.15, 0.2) is 0 Å². The van der Waals surface area contributed by atoms with Gasteiger partial charge in [0.2, 0.25) is 0 Å². The van der Waals surface area contributed by atoms with Crippen molar-refractivity contribution in [2.24, 2.45) is 0 Å². The smallest absolute Gasteiger partial charge is 0.251 e. The van der Waals surface area contributed by atoms with Crippen molar-refractivity contribution in [3.05, 3.63) is 34.4 Å². The second-order valence-electron chi connectivity index (χ2n) is 4.78. The normalized spacial score (nSPS) is 13.7.